The van der Waals surface area contributed by atoms with Gasteiger partial charge in [-0.15, -0.1) is 0 Å². The Morgan fingerprint density at radius 2 is 1.89 bits per heavy atom. The highest BCUT2D eigenvalue weighted by molar-refractivity contribution is 5.21. The second-order valence-corrected chi connectivity index (χ2v) is 5.25. The summed E-state index contributed by atoms with van der Waals surface area (Å²) in [6.07, 6.45) is 0. The molecule has 0 radical (unpaired) electrons. The fraction of sp³-hybridized carbons (Fsp3) is 0.600. The van der Waals surface area contributed by atoms with Crippen molar-refractivity contribution in [2.24, 2.45) is 0 Å². The maximum atomic E-state index is 3.56. The van der Waals surface area contributed by atoms with Crippen molar-refractivity contribution < 1.29 is 0 Å². The highest BCUT2D eigenvalue weighted by atomic mass is 15.2. The van der Waals surface area contributed by atoms with E-state index in [1.165, 1.54) is 24.2 Å². The van der Waals surface area contributed by atoms with E-state index in [0.717, 1.165) is 26.2 Å². The molecule has 1 aliphatic rings. The van der Waals surface area contributed by atoms with Gasteiger partial charge < -0.3 is 10.6 Å². The number of nitrogens with zero attached hydrogens (tertiary/aromatic N) is 1. The minimum absolute atomic E-state index is 0.623. The fourth-order valence-corrected chi connectivity index (χ4v) is 2.38. The zero-order valence-corrected chi connectivity index (χ0v) is 11.6. The second-order valence-electron chi connectivity index (χ2n) is 5.25. The average molecular weight is 247 g/mol. The lowest BCUT2D eigenvalue weighted by Gasteiger charge is -2.32. The molecule has 0 saturated carbocycles. The minimum Gasteiger partial charge on any atom is -0.314 e. The number of hydrogen-bond donors (Lipinski definition) is 2. The van der Waals surface area contributed by atoms with Gasteiger partial charge in [-0.1, -0.05) is 29.8 Å². The second kappa shape index (κ2) is 6.88. The Labute approximate surface area is 111 Å². The molecule has 1 saturated heterocycles. The lowest BCUT2D eigenvalue weighted by molar-refractivity contribution is 0.181. The zero-order chi connectivity index (χ0) is 12.8. The molecule has 1 aromatic rings. The van der Waals surface area contributed by atoms with E-state index < -0.39 is 0 Å². The Kier molecular flexibility index (Phi) is 5.17. The molecule has 1 atom stereocenters. The van der Waals surface area contributed by atoms with Crippen molar-refractivity contribution in [2.75, 3.05) is 32.7 Å². The first-order valence-corrected chi connectivity index (χ1v) is 6.97. The molecular formula is C15H25N3. The van der Waals surface area contributed by atoms with E-state index in [1.54, 1.807) is 0 Å². The van der Waals surface area contributed by atoms with Crippen molar-refractivity contribution in [2.45, 2.75) is 26.4 Å². The molecule has 1 aliphatic heterocycles. The summed E-state index contributed by atoms with van der Waals surface area (Å²) in [4.78, 5) is 2.55. The number of aryl methyl sites for hydroxylation is 1. The van der Waals surface area contributed by atoms with Gasteiger partial charge in [-0.05, 0) is 19.4 Å². The monoisotopic (exact) mass is 247 g/mol. The normalized spacial score (nSPS) is 18.8. The molecule has 3 nitrogen and oxygen atoms in total. The van der Waals surface area contributed by atoms with Gasteiger partial charge in [0.2, 0.25) is 0 Å². The summed E-state index contributed by atoms with van der Waals surface area (Å²) >= 11 is 0. The maximum absolute atomic E-state index is 3.56. The Bertz CT molecular complexity index is 341. The summed E-state index contributed by atoms with van der Waals surface area (Å²) in [5.41, 5.74) is 2.70. The molecule has 0 bridgehead atoms. The first kappa shape index (κ1) is 13.5. The molecule has 100 valence electrons. The van der Waals surface area contributed by atoms with Crippen LogP contribution in [0.4, 0.5) is 0 Å². The summed E-state index contributed by atoms with van der Waals surface area (Å²) in [5, 5.41) is 6.95. The van der Waals surface area contributed by atoms with Crippen LogP contribution in [0.1, 0.15) is 18.1 Å². The molecular weight excluding hydrogens is 222 g/mol. The third-order valence-corrected chi connectivity index (χ3v) is 3.66. The molecule has 2 N–H and O–H groups in total. The summed E-state index contributed by atoms with van der Waals surface area (Å²) < 4.78 is 0. The van der Waals surface area contributed by atoms with Gasteiger partial charge >= 0.3 is 0 Å². The Morgan fingerprint density at radius 3 is 2.56 bits per heavy atom. The van der Waals surface area contributed by atoms with Gasteiger partial charge in [0.25, 0.3) is 0 Å². The van der Waals surface area contributed by atoms with Crippen LogP contribution in [-0.2, 0) is 6.54 Å². The Morgan fingerprint density at radius 1 is 1.22 bits per heavy atom. The Hall–Kier alpha value is -0.900. The van der Waals surface area contributed by atoms with Crippen molar-refractivity contribution in [1.82, 2.24) is 15.5 Å². The van der Waals surface area contributed by atoms with Gasteiger partial charge in [0.15, 0.2) is 0 Å². The first-order valence-electron chi connectivity index (χ1n) is 6.97. The van der Waals surface area contributed by atoms with Crippen LogP contribution < -0.4 is 10.6 Å². The topological polar surface area (TPSA) is 27.3 Å². The Balaban J connectivity index is 1.69. The molecule has 18 heavy (non-hydrogen) atoms. The van der Waals surface area contributed by atoms with Crippen LogP contribution in [0.15, 0.2) is 24.3 Å². The largest absolute Gasteiger partial charge is 0.314 e. The molecule has 0 aliphatic carbocycles. The van der Waals surface area contributed by atoms with Crippen molar-refractivity contribution in [1.29, 1.82) is 0 Å². The molecule has 1 heterocycles. The van der Waals surface area contributed by atoms with Gasteiger partial charge in [0.05, 0.1) is 0 Å². The van der Waals surface area contributed by atoms with Crippen molar-refractivity contribution in [3.63, 3.8) is 0 Å². The van der Waals surface area contributed by atoms with Gasteiger partial charge in [-0.2, -0.15) is 0 Å². The highest BCUT2D eigenvalue weighted by Gasteiger charge is 2.15. The average Bonchev–Trinajstić information content (AvgIpc) is 2.42. The highest BCUT2D eigenvalue weighted by Crippen LogP contribution is 2.03. The maximum Gasteiger partial charge on any atom is 0.0206 e. The van der Waals surface area contributed by atoms with E-state index in [0.29, 0.717) is 6.04 Å². The summed E-state index contributed by atoms with van der Waals surface area (Å²) in [6.45, 7) is 11.1. The third kappa shape index (κ3) is 4.09. The van der Waals surface area contributed by atoms with Gasteiger partial charge in [-0.25, -0.2) is 0 Å². The number of rotatable bonds is 5. The first-order chi connectivity index (χ1) is 8.75. The van der Waals surface area contributed by atoms with Crippen molar-refractivity contribution in [3.8, 4) is 0 Å². The number of hydrogen-bond acceptors (Lipinski definition) is 3. The lowest BCUT2D eigenvalue weighted by atomic mass is 10.1. The summed E-state index contributed by atoms with van der Waals surface area (Å²) in [5.74, 6) is 0. The fourth-order valence-electron chi connectivity index (χ4n) is 2.38. The van der Waals surface area contributed by atoms with Gasteiger partial charge in [0.1, 0.15) is 0 Å². The molecule has 0 spiro atoms. The van der Waals surface area contributed by atoms with Crippen LogP contribution in [0.2, 0.25) is 0 Å². The standard InChI is InChI=1S/C15H25N3/c1-13-3-5-15(6-4-13)12-17-11-14(2)18-9-7-16-8-10-18/h3-6,14,16-17H,7-12H2,1-2H3. The van der Waals surface area contributed by atoms with Crippen LogP contribution in [-0.4, -0.2) is 43.7 Å². The molecule has 1 unspecified atom stereocenters. The van der Waals surface area contributed by atoms with Gasteiger partial charge in [0, 0.05) is 45.3 Å². The van der Waals surface area contributed by atoms with E-state index in [-0.39, 0.29) is 0 Å². The predicted octanol–water partition coefficient (Wildman–Crippen LogP) is 1.38. The molecule has 1 aromatic carbocycles. The predicted molar refractivity (Wildman–Crippen MR) is 76.8 cm³/mol. The molecule has 1 fully saturated rings. The van der Waals surface area contributed by atoms with Gasteiger partial charge in [-0.3, -0.25) is 4.90 Å². The van der Waals surface area contributed by atoms with E-state index in [2.05, 4.69) is 53.6 Å². The molecule has 3 heteroatoms. The van der Waals surface area contributed by atoms with Crippen LogP contribution in [0.5, 0.6) is 0 Å². The lowest BCUT2D eigenvalue weighted by Crippen LogP contribution is -2.50. The quantitative estimate of drug-likeness (QED) is 0.823. The summed E-state index contributed by atoms with van der Waals surface area (Å²) in [6, 6.07) is 9.39. The number of piperazine rings is 1. The SMILES string of the molecule is Cc1ccc(CNCC(C)N2CCNCC2)cc1. The van der Waals surface area contributed by atoms with Crippen LogP contribution in [0.3, 0.4) is 0 Å². The van der Waals surface area contributed by atoms with E-state index >= 15 is 0 Å². The molecule has 0 aromatic heterocycles. The smallest absolute Gasteiger partial charge is 0.0206 e. The van der Waals surface area contributed by atoms with Crippen molar-refractivity contribution >= 4 is 0 Å². The molecule has 2 rings (SSSR count). The minimum atomic E-state index is 0.623. The van der Waals surface area contributed by atoms with E-state index in [1.807, 2.05) is 0 Å². The number of benzene rings is 1. The third-order valence-electron chi connectivity index (χ3n) is 3.66. The zero-order valence-electron chi connectivity index (χ0n) is 11.6. The van der Waals surface area contributed by atoms with Crippen LogP contribution in [0.25, 0.3) is 0 Å². The van der Waals surface area contributed by atoms with Crippen LogP contribution >= 0.6 is 0 Å². The van der Waals surface area contributed by atoms with Crippen LogP contribution in [0, 0.1) is 6.92 Å². The van der Waals surface area contributed by atoms with E-state index in [9.17, 15) is 0 Å². The molecule has 0 amide bonds. The number of nitrogens with one attached hydrogen (secondary N) is 2. The van der Waals surface area contributed by atoms with E-state index in [4.69, 9.17) is 0 Å². The van der Waals surface area contributed by atoms with Crippen molar-refractivity contribution in [3.05, 3.63) is 35.4 Å². The summed E-state index contributed by atoms with van der Waals surface area (Å²) in [7, 11) is 0.